The Bertz CT molecular complexity index is 1200. The zero-order chi connectivity index (χ0) is 26.6. The third-order valence-electron chi connectivity index (χ3n) is 6.80. The van der Waals surface area contributed by atoms with E-state index >= 15 is 0 Å². The van der Waals surface area contributed by atoms with Gasteiger partial charge in [0.1, 0.15) is 12.6 Å². The van der Waals surface area contributed by atoms with E-state index in [0.29, 0.717) is 11.3 Å². The molecule has 4 amide bonds. The van der Waals surface area contributed by atoms with Crippen LogP contribution in [0.4, 0.5) is 10.5 Å². The maximum atomic E-state index is 13.9. The predicted molar refractivity (Wildman–Crippen MR) is 135 cm³/mol. The van der Waals surface area contributed by atoms with Crippen molar-refractivity contribution in [3.05, 3.63) is 78.4 Å². The number of nitrogens with one attached hydrogen (secondary N) is 1. The molecule has 0 aromatic heterocycles. The van der Waals surface area contributed by atoms with Gasteiger partial charge in [-0.1, -0.05) is 54.6 Å². The second-order valence-corrected chi connectivity index (χ2v) is 9.11. The lowest BCUT2D eigenvalue weighted by atomic mass is 9.79. The van der Waals surface area contributed by atoms with Gasteiger partial charge in [0.25, 0.3) is 5.91 Å². The molecular weight excluding hydrogens is 476 g/mol. The van der Waals surface area contributed by atoms with Crippen molar-refractivity contribution in [2.45, 2.75) is 30.5 Å². The van der Waals surface area contributed by atoms with Crippen LogP contribution in [0.25, 0.3) is 0 Å². The fourth-order valence-electron chi connectivity index (χ4n) is 4.80. The van der Waals surface area contributed by atoms with Crippen LogP contribution in [-0.2, 0) is 35.9 Å². The van der Waals surface area contributed by atoms with Crippen LogP contribution >= 0.6 is 0 Å². The first kappa shape index (κ1) is 26.1. The molecule has 10 nitrogen and oxygen atoms in total. The summed E-state index contributed by atoms with van der Waals surface area (Å²) in [6.07, 6.45) is 0.916. The highest BCUT2D eigenvalue weighted by Gasteiger charge is 2.58. The molecule has 0 unspecified atom stereocenters. The average molecular weight is 507 g/mol. The van der Waals surface area contributed by atoms with E-state index in [2.05, 4.69) is 11.9 Å². The van der Waals surface area contributed by atoms with Crippen LogP contribution in [0, 0.1) is 0 Å². The maximum absolute atomic E-state index is 13.9. The summed E-state index contributed by atoms with van der Waals surface area (Å²) >= 11 is 0. The highest BCUT2D eigenvalue weighted by Crippen LogP contribution is 2.47. The molecule has 4 rings (SSSR count). The molecule has 0 bridgehead atoms. The van der Waals surface area contributed by atoms with Crippen LogP contribution in [0.15, 0.2) is 67.3 Å². The van der Waals surface area contributed by atoms with Crippen molar-refractivity contribution in [3.63, 3.8) is 0 Å². The molecule has 0 saturated carbocycles. The van der Waals surface area contributed by atoms with E-state index in [4.69, 9.17) is 15.2 Å². The number of hydrogen-bond donors (Lipinski definition) is 2. The van der Waals surface area contributed by atoms with Gasteiger partial charge in [0, 0.05) is 13.6 Å². The van der Waals surface area contributed by atoms with Gasteiger partial charge in [-0.25, -0.2) is 9.69 Å². The van der Waals surface area contributed by atoms with Gasteiger partial charge in [-0.15, -0.1) is 6.58 Å². The van der Waals surface area contributed by atoms with E-state index in [-0.39, 0.29) is 32.8 Å². The van der Waals surface area contributed by atoms with Gasteiger partial charge in [0.2, 0.25) is 11.8 Å². The quantitative estimate of drug-likeness (QED) is 0.389. The van der Waals surface area contributed by atoms with Gasteiger partial charge in [0.15, 0.2) is 0 Å². The number of fused-ring (bicyclic) bond motifs is 2. The predicted octanol–water partition coefficient (Wildman–Crippen LogP) is 1.48. The molecule has 1 fully saturated rings. The molecule has 0 radical (unpaired) electrons. The molecular formula is C27H30N4O6. The van der Waals surface area contributed by atoms with Gasteiger partial charge < -0.3 is 20.5 Å². The molecule has 2 heterocycles. The molecule has 2 aromatic rings. The topological polar surface area (TPSA) is 131 Å². The van der Waals surface area contributed by atoms with Gasteiger partial charge in [-0.3, -0.25) is 19.3 Å². The van der Waals surface area contributed by atoms with Gasteiger partial charge in [0.05, 0.1) is 30.4 Å². The number of ether oxygens (including phenoxy) is 2. The first-order valence-corrected chi connectivity index (χ1v) is 11.9. The van der Waals surface area contributed by atoms with E-state index < -0.39 is 41.3 Å². The molecule has 194 valence electrons. The van der Waals surface area contributed by atoms with Crippen LogP contribution in [0.3, 0.4) is 0 Å². The number of primary amides is 1. The molecule has 2 aliphatic heterocycles. The fourth-order valence-corrected chi connectivity index (χ4v) is 4.80. The number of amides is 4. The molecule has 3 atom stereocenters. The fraction of sp³-hybridized carbons (Fsp3) is 0.333. The zero-order valence-electron chi connectivity index (χ0n) is 20.6. The third-order valence-corrected chi connectivity index (χ3v) is 6.80. The highest BCUT2D eigenvalue weighted by atomic mass is 16.6. The number of nitrogens with zero attached hydrogens (tertiary/aromatic N) is 2. The standard InChI is InChI=1S/C27H30N4O6/c1-3-13-36-16-22(30(2)26(35)37-15-18-9-5-4-6-10-18)24(33)31-21-12-8-7-11-19(21)27(25(31)34)14-20(23(28)32)29-17-27/h3-12,20,22,29H,1,13-17H2,2H3,(H2,28,32)/t20-,22-,27-/m0/s1. The van der Waals surface area contributed by atoms with E-state index in [1.807, 2.05) is 30.3 Å². The highest BCUT2D eigenvalue weighted by molar-refractivity contribution is 6.24. The third kappa shape index (κ3) is 4.98. The Hall–Kier alpha value is -4.02. The number of para-hydroxylation sites is 1. The summed E-state index contributed by atoms with van der Waals surface area (Å²) < 4.78 is 11.0. The van der Waals surface area contributed by atoms with Crippen LogP contribution in [0.1, 0.15) is 17.5 Å². The van der Waals surface area contributed by atoms with E-state index in [1.165, 1.54) is 13.1 Å². The van der Waals surface area contributed by atoms with Crippen molar-refractivity contribution in [1.82, 2.24) is 10.2 Å². The number of nitrogens with two attached hydrogens (primary N) is 1. The Labute approximate surface area is 215 Å². The molecule has 2 aliphatic rings. The number of benzene rings is 2. The van der Waals surface area contributed by atoms with Gasteiger partial charge in [-0.2, -0.15) is 0 Å². The number of rotatable bonds is 9. The summed E-state index contributed by atoms with van der Waals surface area (Å²) in [6.45, 7) is 3.76. The minimum Gasteiger partial charge on any atom is -0.445 e. The summed E-state index contributed by atoms with van der Waals surface area (Å²) in [4.78, 5) is 54.8. The van der Waals surface area contributed by atoms with Crippen LogP contribution in [0.5, 0.6) is 0 Å². The number of carbonyl (C=O) groups is 4. The Morgan fingerprint density at radius 3 is 2.59 bits per heavy atom. The molecule has 10 heteroatoms. The van der Waals surface area contributed by atoms with Crippen molar-refractivity contribution >= 4 is 29.5 Å². The van der Waals surface area contributed by atoms with Gasteiger partial charge in [-0.05, 0) is 23.6 Å². The van der Waals surface area contributed by atoms with Crippen LogP contribution < -0.4 is 16.0 Å². The van der Waals surface area contributed by atoms with Crippen LogP contribution in [0.2, 0.25) is 0 Å². The SMILES string of the molecule is C=CCOC[C@@H](C(=O)N1C(=O)[C@@]2(CN[C@H](C(N)=O)C2)c2ccccc21)N(C)C(=O)OCc1ccccc1. The number of imide groups is 1. The second kappa shape index (κ2) is 10.9. The minimum atomic E-state index is -1.16. The van der Waals surface area contributed by atoms with Crippen molar-refractivity contribution < 1.29 is 28.7 Å². The summed E-state index contributed by atoms with van der Waals surface area (Å²) in [6, 6.07) is 14.2. The lowest BCUT2D eigenvalue weighted by molar-refractivity contribution is -0.132. The monoisotopic (exact) mass is 506 g/mol. The summed E-state index contributed by atoms with van der Waals surface area (Å²) in [5.41, 5.74) is 6.20. The normalized spacial score (nSPS) is 20.9. The lowest BCUT2D eigenvalue weighted by Gasteiger charge is -2.30. The van der Waals surface area contributed by atoms with Crippen molar-refractivity contribution in [2.24, 2.45) is 5.73 Å². The first-order valence-electron chi connectivity index (χ1n) is 11.9. The maximum Gasteiger partial charge on any atom is 0.410 e. The number of anilines is 1. The molecule has 1 spiro atoms. The van der Waals surface area contributed by atoms with Crippen molar-refractivity contribution in [1.29, 1.82) is 0 Å². The summed E-state index contributed by atoms with van der Waals surface area (Å²) in [7, 11) is 1.43. The van der Waals surface area contributed by atoms with Gasteiger partial charge >= 0.3 is 6.09 Å². The lowest BCUT2D eigenvalue weighted by Crippen LogP contribution is -2.55. The minimum absolute atomic E-state index is 0.0210. The Morgan fingerprint density at radius 1 is 1.22 bits per heavy atom. The Kier molecular flexibility index (Phi) is 7.70. The number of hydrogen-bond acceptors (Lipinski definition) is 7. The van der Waals surface area contributed by atoms with Crippen LogP contribution in [-0.4, -0.2) is 67.6 Å². The molecule has 0 aliphatic carbocycles. The van der Waals surface area contributed by atoms with E-state index in [0.717, 1.165) is 15.4 Å². The molecule has 1 saturated heterocycles. The molecule has 3 N–H and O–H groups in total. The summed E-state index contributed by atoms with van der Waals surface area (Å²) in [5, 5.41) is 3.01. The smallest absolute Gasteiger partial charge is 0.410 e. The first-order chi connectivity index (χ1) is 17.8. The van der Waals surface area contributed by atoms with Crippen molar-refractivity contribution in [2.75, 3.05) is 31.7 Å². The average Bonchev–Trinajstić information content (AvgIpc) is 3.46. The second-order valence-electron chi connectivity index (χ2n) is 9.11. The Morgan fingerprint density at radius 2 is 1.92 bits per heavy atom. The molecule has 2 aromatic carbocycles. The number of likely N-dealkylation sites (N-methyl/N-ethyl adjacent to an activating group) is 1. The van der Waals surface area contributed by atoms with Crippen molar-refractivity contribution in [3.8, 4) is 0 Å². The zero-order valence-corrected chi connectivity index (χ0v) is 20.6. The Balaban J connectivity index is 1.60. The van der Waals surface area contributed by atoms with E-state index in [1.54, 1.807) is 24.3 Å². The largest absolute Gasteiger partial charge is 0.445 e. The summed E-state index contributed by atoms with van der Waals surface area (Å²) in [5.74, 6) is -1.68. The van der Waals surface area contributed by atoms with E-state index in [9.17, 15) is 19.2 Å². The number of carbonyl (C=O) groups excluding carboxylic acids is 4. The molecule has 37 heavy (non-hydrogen) atoms.